The van der Waals surface area contributed by atoms with E-state index in [1.165, 1.54) is 12.1 Å². The molecule has 6 rings (SSSR count). The molecule has 0 amide bonds. The normalized spacial score (nSPS) is 18.1. The van der Waals surface area contributed by atoms with Crippen LogP contribution in [0, 0.1) is 5.41 Å². The molecule has 0 bridgehead atoms. The summed E-state index contributed by atoms with van der Waals surface area (Å²) < 4.78 is 56.1. The predicted octanol–water partition coefficient (Wildman–Crippen LogP) is 6.90. The van der Waals surface area contributed by atoms with Crippen LogP contribution in [0.2, 0.25) is 0 Å². The molecular formula is C36H38F3N5O4. The lowest BCUT2D eigenvalue weighted by Crippen LogP contribution is -2.41. The smallest absolute Gasteiger partial charge is 0.429 e. The highest BCUT2D eigenvalue weighted by Gasteiger charge is 2.46. The zero-order valence-corrected chi connectivity index (χ0v) is 26.5. The molecule has 1 aromatic heterocycles. The SMILES string of the molecule is CCCOc1ccc(-c2ccc(C(Oc3cc(N4CCC5(CC4)CNC(C(=O)O)C5)nc(N)n3)C(F)(F)F)c(-c3ccccc3)c2)cc1. The first kappa shape index (κ1) is 33.1. The van der Waals surface area contributed by atoms with Crippen LogP contribution in [0.5, 0.6) is 11.6 Å². The Hall–Kier alpha value is -4.84. The van der Waals surface area contributed by atoms with Crippen molar-refractivity contribution in [2.45, 2.75) is 50.9 Å². The van der Waals surface area contributed by atoms with Crippen molar-refractivity contribution in [3.8, 4) is 33.9 Å². The number of carboxylic acids is 1. The molecular weight excluding hydrogens is 623 g/mol. The third-order valence-corrected chi connectivity index (χ3v) is 9.13. The molecule has 12 heteroatoms. The van der Waals surface area contributed by atoms with E-state index in [-0.39, 0.29) is 22.8 Å². The van der Waals surface area contributed by atoms with Crippen LogP contribution in [0.15, 0.2) is 78.9 Å². The fraction of sp³-hybridized carbons (Fsp3) is 0.361. The minimum absolute atomic E-state index is 0.0688. The Bertz CT molecular complexity index is 1730. The lowest BCUT2D eigenvalue weighted by molar-refractivity contribution is -0.198. The second-order valence-electron chi connectivity index (χ2n) is 12.5. The third-order valence-electron chi connectivity index (χ3n) is 9.13. The van der Waals surface area contributed by atoms with E-state index in [9.17, 15) is 23.1 Å². The van der Waals surface area contributed by atoms with Crippen molar-refractivity contribution in [1.82, 2.24) is 15.3 Å². The van der Waals surface area contributed by atoms with E-state index in [4.69, 9.17) is 15.2 Å². The molecule has 48 heavy (non-hydrogen) atoms. The highest BCUT2D eigenvalue weighted by molar-refractivity contribution is 5.76. The second-order valence-corrected chi connectivity index (χ2v) is 12.5. The number of nitrogens with zero attached hydrogens (tertiary/aromatic N) is 3. The number of rotatable bonds is 10. The fourth-order valence-electron chi connectivity index (χ4n) is 6.56. The van der Waals surface area contributed by atoms with Gasteiger partial charge in [-0.1, -0.05) is 61.5 Å². The van der Waals surface area contributed by atoms with Crippen LogP contribution in [-0.4, -0.2) is 59.5 Å². The highest BCUT2D eigenvalue weighted by Crippen LogP contribution is 2.44. The maximum atomic E-state index is 14.9. The minimum atomic E-state index is -4.79. The number of nitrogens with one attached hydrogen (secondary N) is 1. The number of carboxylic acid groups (broad SMARTS) is 1. The van der Waals surface area contributed by atoms with Crippen LogP contribution >= 0.6 is 0 Å². The van der Waals surface area contributed by atoms with Gasteiger partial charge in [0, 0.05) is 31.3 Å². The number of nitrogen functional groups attached to an aromatic ring is 1. The van der Waals surface area contributed by atoms with Gasteiger partial charge in [-0.05, 0) is 71.6 Å². The molecule has 4 N–H and O–H groups in total. The van der Waals surface area contributed by atoms with Gasteiger partial charge in [0.1, 0.15) is 17.6 Å². The van der Waals surface area contributed by atoms with E-state index in [1.807, 2.05) is 36.1 Å². The van der Waals surface area contributed by atoms with E-state index < -0.39 is 24.3 Å². The molecule has 0 aliphatic carbocycles. The largest absolute Gasteiger partial charge is 0.494 e. The lowest BCUT2D eigenvalue weighted by atomic mass is 9.76. The number of nitrogens with two attached hydrogens (primary N) is 1. The topological polar surface area (TPSA) is 123 Å². The number of halogens is 3. The fourth-order valence-corrected chi connectivity index (χ4v) is 6.56. The van der Waals surface area contributed by atoms with Crippen LogP contribution in [-0.2, 0) is 4.79 Å². The van der Waals surface area contributed by atoms with E-state index in [2.05, 4.69) is 15.3 Å². The molecule has 2 unspecified atom stereocenters. The number of hydrogen-bond acceptors (Lipinski definition) is 8. The van der Waals surface area contributed by atoms with Gasteiger partial charge in [-0.15, -0.1) is 0 Å². The molecule has 0 saturated carbocycles. The number of hydrogen-bond donors (Lipinski definition) is 3. The third kappa shape index (κ3) is 7.33. The molecule has 252 valence electrons. The predicted molar refractivity (Wildman–Crippen MR) is 177 cm³/mol. The molecule has 3 aromatic carbocycles. The number of aliphatic carboxylic acids is 1. The van der Waals surface area contributed by atoms with Crippen LogP contribution in [0.1, 0.15) is 44.3 Å². The van der Waals surface area contributed by atoms with Crippen molar-refractivity contribution in [2.75, 3.05) is 36.9 Å². The van der Waals surface area contributed by atoms with Gasteiger partial charge < -0.3 is 30.5 Å². The molecule has 3 heterocycles. The number of piperidine rings is 1. The van der Waals surface area contributed by atoms with Crippen molar-refractivity contribution in [3.05, 3.63) is 84.4 Å². The summed E-state index contributed by atoms with van der Waals surface area (Å²) in [5.74, 6) is -0.281. The van der Waals surface area contributed by atoms with Gasteiger partial charge in [-0.2, -0.15) is 23.1 Å². The van der Waals surface area contributed by atoms with Gasteiger partial charge in [-0.3, -0.25) is 4.79 Å². The van der Waals surface area contributed by atoms with Gasteiger partial charge in [0.15, 0.2) is 0 Å². The Morgan fingerprint density at radius 3 is 2.38 bits per heavy atom. The summed E-state index contributed by atoms with van der Waals surface area (Å²) >= 11 is 0. The lowest BCUT2D eigenvalue weighted by Gasteiger charge is -2.39. The van der Waals surface area contributed by atoms with Crippen molar-refractivity contribution in [3.63, 3.8) is 0 Å². The Morgan fingerprint density at radius 2 is 1.73 bits per heavy atom. The molecule has 9 nitrogen and oxygen atoms in total. The molecule has 2 fully saturated rings. The van der Waals surface area contributed by atoms with Crippen LogP contribution in [0.3, 0.4) is 0 Å². The maximum absolute atomic E-state index is 14.9. The number of aromatic nitrogens is 2. The quantitative estimate of drug-likeness (QED) is 0.167. The van der Waals surface area contributed by atoms with E-state index in [1.54, 1.807) is 42.5 Å². The average molecular weight is 662 g/mol. The van der Waals surface area contributed by atoms with Crippen molar-refractivity contribution in [2.24, 2.45) is 5.41 Å². The first-order valence-electron chi connectivity index (χ1n) is 16.1. The average Bonchev–Trinajstić information content (AvgIpc) is 3.50. The van der Waals surface area contributed by atoms with Gasteiger partial charge >= 0.3 is 12.1 Å². The highest BCUT2D eigenvalue weighted by atomic mass is 19.4. The summed E-state index contributed by atoms with van der Waals surface area (Å²) in [5, 5.41) is 12.5. The molecule has 2 aliphatic heterocycles. The van der Waals surface area contributed by atoms with Crippen molar-refractivity contribution < 1.29 is 32.5 Å². The molecule has 4 aromatic rings. The monoisotopic (exact) mass is 661 g/mol. The number of carbonyl (C=O) groups is 1. The zero-order chi connectivity index (χ0) is 33.9. The van der Waals surface area contributed by atoms with E-state index in [0.717, 1.165) is 23.3 Å². The first-order chi connectivity index (χ1) is 23.0. The first-order valence-corrected chi connectivity index (χ1v) is 16.1. The molecule has 1 spiro atoms. The number of ether oxygens (including phenoxy) is 2. The number of alkyl halides is 3. The standard InChI is InChI=1S/C36H38F3N5O4/c1-2-18-47-26-11-8-23(9-12-26)25-10-13-27(28(19-25)24-6-4-3-5-7-24)32(36(37,38)39)48-31-20-30(42-34(40)43-31)44-16-14-35(15-17-44)21-29(33(45)46)41-22-35/h3-13,19-20,29,32,41H,2,14-18,21-22H2,1H3,(H,45,46)(H2,40,42,43). The summed E-state index contributed by atoms with van der Waals surface area (Å²) in [6, 6.07) is 22.0. The Morgan fingerprint density at radius 1 is 1.02 bits per heavy atom. The molecule has 2 saturated heterocycles. The summed E-state index contributed by atoms with van der Waals surface area (Å²) in [6.45, 7) is 4.30. The molecule has 2 atom stereocenters. The van der Waals surface area contributed by atoms with Crippen molar-refractivity contribution >= 4 is 17.7 Å². The number of benzene rings is 3. The molecule has 2 aliphatic rings. The Balaban J connectivity index is 1.29. The van der Waals surface area contributed by atoms with Gasteiger partial charge in [0.2, 0.25) is 17.9 Å². The molecule has 0 radical (unpaired) electrons. The summed E-state index contributed by atoms with van der Waals surface area (Å²) in [7, 11) is 0. The van der Waals surface area contributed by atoms with Crippen LogP contribution < -0.4 is 25.4 Å². The maximum Gasteiger partial charge on any atom is 0.429 e. The van der Waals surface area contributed by atoms with Gasteiger partial charge in [0.05, 0.1) is 6.61 Å². The van der Waals surface area contributed by atoms with Gasteiger partial charge in [0.25, 0.3) is 0 Å². The number of anilines is 2. The zero-order valence-electron chi connectivity index (χ0n) is 26.5. The van der Waals surface area contributed by atoms with E-state index >= 15 is 0 Å². The van der Waals surface area contributed by atoms with E-state index in [0.29, 0.717) is 62.4 Å². The minimum Gasteiger partial charge on any atom is -0.494 e. The Kier molecular flexibility index (Phi) is 9.45. The van der Waals surface area contributed by atoms with Crippen LogP contribution in [0.4, 0.5) is 24.9 Å². The summed E-state index contributed by atoms with van der Waals surface area (Å²) in [6.07, 6.45) is -4.33. The van der Waals surface area contributed by atoms with Gasteiger partial charge in [-0.25, -0.2) is 0 Å². The summed E-state index contributed by atoms with van der Waals surface area (Å²) in [5.41, 5.74) is 8.33. The van der Waals surface area contributed by atoms with Crippen LogP contribution in [0.25, 0.3) is 22.3 Å². The second kappa shape index (κ2) is 13.7. The Labute approximate surface area is 276 Å². The summed E-state index contributed by atoms with van der Waals surface area (Å²) in [4.78, 5) is 21.7. The van der Waals surface area contributed by atoms with Crippen molar-refractivity contribution in [1.29, 1.82) is 0 Å².